The van der Waals surface area contributed by atoms with E-state index in [1.165, 1.54) is 25.7 Å². The van der Waals surface area contributed by atoms with Crippen molar-refractivity contribution in [3.8, 4) is 0 Å². The molecule has 0 radical (unpaired) electrons. The largest absolute Gasteiger partial charge is 0.349 e. The summed E-state index contributed by atoms with van der Waals surface area (Å²) in [6.07, 6.45) is 9.08. The molecular weight excluding hydrogens is 288 g/mol. The predicted octanol–water partition coefficient (Wildman–Crippen LogP) is 3.38. The third-order valence-electron chi connectivity index (χ3n) is 4.96. The van der Waals surface area contributed by atoms with E-state index in [-0.39, 0.29) is 11.8 Å². The molecule has 1 saturated carbocycles. The van der Waals surface area contributed by atoms with Gasteiger partial charge in [0, 0.05) is 30.3 Å². The van der Waals surface area contributed by atoms with Crippen molar-refractivity contribution in [1.29, 1.82) is 0 Å². The molecule has 124 valence electrons. The minimum absolute atomic E-state index is 0.0533. The maximum absolute atomic E-state index is 12.7. The Morgan fingerprint density at radius 2 is 1.57 bits per heavy atom. The van der Waals surface area contributed by atoms with Crippen molar-refractivity contribution in [1.82, 2.24) is 10.2 Å². The molecule has 0 unspecified atom stereocenters. The third-order valence-corrected chi connectivity index (χ3v) is 4.96. The SMILES string of the molecule is O=C(NC1CCCC1)c1cccc(C(=O)N2CCCCCC2)c1. The molecule has 1 aliphatic carbocycles. The van der Waals surface area contributed by atoms with Crippen LogP contribution in [0.4, 0.5) is 0 Å². The Kier molecular flexibility index (Phi) is 5.31. The van der Waals surface area contributed by atoms with Gasteiger partial charge in [0.25, 0.3) is 11.8 Å². The molecule has 23 heavy (non-hydrogen) atoms. The van der Waals surface area contributed by atoms with Crippen molar-refractivity contribution < 1.29 is 9.59 Å². The predicted molar refractivity (Wildman–Crippen MR) is 90.5 cm³/mol. The summed E-state index contributed by atoms with van der Waals surface area (Å²) in [5.41, 5.74) is 1.23. The normalized spacial score (nSPS) is 19.4. The van der Waals surface area contributed by atoms with Crippen LogP contribution in [0.3, 0.4) is 0 Å². The molecule has 0 spiro atoms. The van der Waals surface area contributed by atoms with Gasteiger partial charge < -0.3 is 10.2 Å². The first-order valence-electron chi connectivity index (χ1n) is 8.94. The molecule has 1 aliphatic heterocycles. The van der Waals surface area contributed by atoms with Gasteiger partial charge in [0.15, 0.2) is 0 Å². The van der Waals surface area contributed by atoms with Gasteiger partial charge in [-0.1, -0.05) is 31.7 Å². The molecule has 0 aromatic heterocycles. The molecule has 1 N–H and O–H groups in total. The van der Waals surface area contributed by atoms with E-state index < -0.39 is 0 Å². The summed E-state index contributed by atoms with van der Waals surface area (Å²) in [6, 6.07) is 7.47. The molecule has 3 rings (SSSR count). The number of likely N-dealkylation sites (tertiary alicyclic amines) is 1. The number of nitrogens with zero attached hydrogens (tertiary/aromatic N) is 1. The highest BCUT2D eigenvalue weighted by atomic mass is 16.2. The van der Waals surface area contributed by atoms with Crippen molar-refractivity contribution in [3.05, 3.63) is 35.4 Å². The van der Waals surface area contributed by atoms with Crippen LogP contribution in [-0.2, 0) is 0 Å². The lowest BCUT2D eigenvalue weighted by atomic mass is 10.1. The molecule has 0 atom stereocenters. The zero-order valence-electron chi connectivity index (χ0n) is 13.7. The lowest BCUT2D eigenvalue weighted by molar-refractivity contribution is 0.0761. The molecule has 1 heterocycles. The number of rotatable bonds is 3. The number of carbonyl (C=O) groups is 2. The third kappa shape index (κ3) is 4.12. The monoisotopic (exact) mass is 314 g/mol. The maximum Gasteiger partial charge on any atom is 0.253 e. The van der Waals surface area contributed by atoms with Crippen LogP contribution in [0.25, 0.3) is 0 Å². The van der Waals surface area contributed by atoms with Crippen LogP contribution < -0.4 is 5.32 Å². The van der Waals surface area contributed by atoms with E-state index >= 15 is 0 Å². The highest BCUT2D eigenvalue weighted by molar-refractivity contribution is 5.99. The molecule has 2 aliphatic rings. The summed E-state index contributed by atoms with van der Waals surface area (Å²) in [5.74, 6) is 0.00447. The molecule has 4 nitrogen and oxygen atoms in total. The minimum atomic E-state index is -0.0533. The number of hydrogen-bond acceptors (Lipinski definition) is 2. The topological polar surface area (TPSA) is 49.4 Å². The van der Waals surface area contributed by atoms with Gasteiger partial charge in [0.2, 0.25) is 0 Å². The van der Waals surface area contributed by atoms with Crippen molar-refractivity contribution >= 4 is 11.8 Å². The van der Waals surface area contributed by atoms with Gasteiger partial charge in [-0.3, -0.25) is 9.59 Å². The van der Waals surface area contributed by atoms with Crippen LogP contribution in [0.15, 0.2) is 24.3 Å². The van der Waals surface area contributed by atoms with Crippen LogP contribution >= 0.6 is 0 Å². The lowest BCUT2D eigenvalue weighted by Gasteiger charge is -2.20. The van der Waals surface area contributed by atoms with Gasteiger partial charge in [0.05, 0.1) is 0 Å². The van der Waals surface area contributed by atoms with Gasteiger partial charge in [-0.25, -0.2) is 0 Å². The van der Waals surface area contributed by atoms with E-state index in [0.29, 0.717) is 17.2 Å². The Balaban J connectivity index is 1.68. The average molecular weight is 314 g/mol. The van der Waals surface area contributed by atoms with E-state index in [1.807, 2.05) is 17.0 Å². The smallest absolute Gasteiger partial charge is 0.253 e. The Hall–Kier alpha value is -1.84. The van der Waals surface area contributed by atoms with Gasteiger partial charge >= 0.3 is 0 Å². The molecular formula is C19H26N2O2. The van der Waals surface area contributed by atoms with Crippen molar-refractivity contribution in [2.45, 2.75) is 57.4 Å². The summed E-state index contributed by atoms with van der Waals surface area (Å²) in [4.78, 5) is 27.0. The molecule has 1 aromatic rings. The van der Waals surface area contributed by atoms with E-state index in [0.717, 1.165) is 38.8 Å². The van der Waals surface area contributed by atoms with Crippen molar-refractivity contribution in [2.24, 2.45) is 0 Å². The van der Waals surface area contributed by atoms with E-state index in [1.54, 1.807) is 12.1 Å². The lowest BCUT2D eigenvalue weighted by Crippen LogP contribution is -2.33. The van der Waals surface area contributed by atoms with Crippen molar-refractivity contribution in [2.75, 3.05) is 13.1 Å². The minimum Gasteiger partial charge on any atom is -0.349 e. The second-order valence-corrected chi connectivity index (χ2v) is 6.74. The van der Waals surface area contributed by atoms with Gasteiger partial charge in [-0.2, -0.15) is 0 Å². The summed E-state index contributed by atoms with van der Waals surface area (Å²) in [6.45, 7) is 1.66. The maximum atomic E-state index is 12.7. The fourth-order valence-electron chi connectivity index (χ4n) is 3.59. The molecule has 1 aromatic carbocycles. The Bertz CT molecular complexity index is 556. The molecule has 2 amide bonds. The second kappa shape index (κ2) is 7.62. The second-order valence-electron chi connectivity index (χ2n) is 6.74. The number of nitrogens with one attached hydrogen (secondary N) is 1. The van der Waals surface area contributed by atoms with E-state index in [9.17, 15) is 9.59 Å². The van der Waals surface area contributed by atoms with Crippen LogP contribution in [0.2, 0.25) is 0 Å². The van der Waals surface area contributed by atoms with Crippen LogP contribution in [-0.4, -0.2) is 35.8 Å². The number of benzene rings is 1. The fourth-order valence-corrected chi connectivity index (χ4v) is 3.59. The van der Waals surface area contributed by atoms with Crippen molar-refractivity contribution in [3.63, 3.8) is 0 Å². The summed E-state index contributed by atoms with van der Waals surface area (Å²) in [5, 5.41) is 3.09. The highest BCUT2D eigenvalue weighted by Crippen LogP contribution is 2.19. The summed E-state index contributed by atoms with van der Waals surface area (Å²) in [7, 11) is 0. The Morgan fingerprint density at radius 1 is 0.913 bits per heavy atom. The zero-order chi connectivity index (χ0) is 16.1. The average Bonchev–Trinajstić information content (AvgIpc) is 2.94. The van der Waals surface area contributed by atoms with Gasteiger partial charge in [0.1, 0.15) is 0 Å². The Labute approximate surface area is 138 Å². The summed E-state index contributed by atoms with van der Waals surface area (Å²) >= 11 is 0. The van der Waals surface area contributed by atoms with Gasteiger partial charge in [-0.05, 0) is 43.9 Å². The van der Waals surface area contributed by atoms with Crippen LogP contribution in [0.5, 0.6) is 0 Å². The van der Waals surface area contributed by atoms with E-state index in [4.69, 9.17) is 0 Å². The first-order chi connectivity index (χ1) is 11.2. The van der Waals surface area contributed by atoms with Crippen LogP contribution in [0, 0.1) is 0 Å². The highest BCUT2D eigenvalue weighted by Gasteiger charge is 2.20. The first-order valence-corrected chi connectivity index (χ1v) is 8.94. The number of amides is 2. The molecule has 1 saturated heterocycles. The first kappa shape index (κ1) is 16.0. The summed E-state index contributed by atoms with van der Waals surface area (Å²) < 4.78 is 0. The van der Waals surface area contributed by atoms with Crippen LogP contribution in [0.1, 0.15) is 72.1 Å². The number of hydrogen-bond donors (Lipinski definition) is 1. The Morgan fingerprint density at radius 3 is 2.26 bits per heavy atom. The fraction of sp³-hybridized carbons (Fsp3) is 0.579. The molecule has 2 fully saturated rings. The van der Waals surface area contributed by atoms with E-state index in [2.05, 4.69) is 5.32 Å². The quantitative estimate of drug-likeness (QED) is 0.930. The molecule has 4 heteroatoms. The molecule has 0 bridgehead atoms. The number of carbonyl (C=O) groups excluding carboxylic acids is 2. The zero-order valence-corrected chi connectivity index (χ0v) is 13.7. The standard InChI is InChI=1S/C19H26N2O2/c22-18(20-17-10-3-4-11-17)15-8-7-9-16(14-15)19(23)21-12-5-1-2-6-13-21/h7-9,14,17H,1-6,10-13H2,(H,20,22). The van der Waals surface area contributed by atoms with Gasteiger partial charge in [-0.15, -0.1) is 0 Å².